The number of piperidine rings is 1. The minimum Gasteiger partial charge on any atom is -0.371 e. The molecule has 1 amide bonds. The smallest absolute Gasteiger partial charge is 0.223 e. The van der Waals surface area contributed by atoms with Crippen LogP contribution in [0.1, 0.15) is 19.3 Å². The Hall–Kier alpha value is -2.13. The van der Waals surface area contributed by atoms with E-state index in [2.05, 4.69) is 16.1 Å². The van der Waals surface area contributed by atoms with Gasteiger partial charge in [-0.25, -0.2) is 8.78 Å². The van der Waals surface area contributed by atoms with Crippen molar-refractivity contribution < 1.29 is 13.6 Å². The number of rotatable bonds is 5. The molecule has 140 valence electrons. The molecule has 1 aromatic carbocycles. The Morgan fingerprint density at radius 1 is 1.19 bits per heavy atom. The molecule has 1 N–H and O–H groups in total. The standard InChI is InChI=1S/C20H25F2N3O/c1-2-8-24-9-6-16(7-10-24)20(26)23-13-15-5-11-25(14-15)17-3-4-18(21)19(22)12-17/h1,3-4,12,15-16H,5-11,13-14H2,(H,23,26). The van der Waals surface area contributed by atoms with Gasteiger partial charge in [0.15, 0.2) is 11.6 Å². The molecule has 3 rings (SSSR count). The molecule has 0 aliphatic carbocycles. The molecule has 0 spiro atoms. The second-order valence-corrected chi connectivity index (χ2v) is 7.20. The quantitative estimate of drug-likeness (QED) is 0.817. The molecule has 0 saturated carbocycles. The minimum absolute atomic E-state index is 0.0627. The van der Waals surface area contributed by atoms with Crippen molar-refractivity contribution in [2.75, 3.05) is 44.2 Å². The summed E-state index contributed by atoms with van der Waals surface area (Å²) in [6.45, 7) is 4.55. The maximum absolute atomic E-state index is 13.4. The van der Waals surface area contributed by atoms with E-state index in [1.807, 2.05) is 4.90 Å². The Morgan fingerprint density at radius 2 is 1.96 bits per heavy atom. The zero-order valence-corrected chi connectivity index (χ0v) is 14.9. The second kappa shape index (κ2) is 8.50. The molecular weight excluding hydrogens is 336 g/mol. The van der Waals surface area contributed by atoms with Gasteiger partial charge in [0.25, 0.3) is 0 Å². The first-order valence-electron chi connectivity index (χ1n) is 9.20. The van der Waals surface area contributed by atoms with Crippen LogP contribution in [0.5, 0.6) is 0 Å². The van der Waals surface area contributed by atoms with Gasteiger partial charge in [0, 0.05) is 37.3 Å². The Morgan fingerprint density at radius 3 is 2.65 bits per heavy atom. The number of carbonyl (C=O) groups is 1. The summed E-state index contributed by atoms with van der Waals surface area (Å²) in [7, 11) is 0. The summed E-state index contributed by atoms with van der Waals surface area (Å²) in [5.74, 6) is 1.50. The number of nitrogens with zero attached hydrogens (tertiary/aromatic N) is 2. The molecule has 1 atom stereocenters. The fourth-order valence-electron chi connectivity index (χ4n) is 3.79. The van der Waals surface area contributed by atoms with E-state index in [0.29, 0.717) is 24.7 Å². The number of halogens is 2. The number of terminal acetylenes is 1. The number of benzene rings is 1. The third-order valence-corrected chi connectivity index (χ3v) is 5.39. The number of carbonyl (C=O) groups excluding carboxylic acids is 1. The average molecular weight is 361 g/mol. The molecule has 6 heteroatoms. The first-order chi connectivity index (χ1) is 12.6. The summed E-state index contributed by atoms with van der Waals surface area (Å²) in [6, 6.07) is 4.00. The summed E-state index contributed by atoms with van der Waals surface area (Å²) in [4.78, 5) is 16.6. The molecule has 2 aliphatic rings. The Labute approximate surface area is 153 Å². The average Bonchev–Trinajstić information content (AvgIpc) is 3.12. The van der Waals surface area contributed by atoms with Gasteiger partial charge in [0.2, 0.25) is 5.91 Å². The van der Waals surface area contributed by atoms with Crippen molar-refractivity contribution in [1.82, 2.24) is 10.2 Å². The maximum Gasteiger partial charge on any atom is 0.223 e. The lowest BCUT2D eigenvalue weighted by Gasteiger charge is -2.30. The molecule has 2 saturated heterocycles. The molecule has 26 heavy (non-hydrogen) atoms. The van der Waals surface area contributed by atoms with Crippen LogP contribution in [-0.4, -0.2) is 50.1 Å². The van der Waals surface area contributed by atoms with Crippen molar-refractivity contribution in [3.8, 4) is 12.3 Å². The van der Waals surface area contributed by atoms with Crippen molar-refractivity contribution in [3.63, 3.8) is 0 Å². The highest BCUT2D eigenvalue weighted by Crippen LogP contribution is 2.25. The molecule has 2 fully saturated rings. The zero-order chi connectivity index (χ0) is 18.5. The van der Waals surface area contributed by atoms with E-state index in [-0.39, 0.29) is 11.8 Å². The van der Waals surface area contributed by atoms with Crippen LogP contribution in [0.25, 0.3) is 0 Å². The van der Waals surface area contributed by atoms with Crippen LogP contribution in [0, 0.1) is 35.8 Å². The van der Waals surface area contributed by atoms with Gasteiger partial charge in [0.05, 0.1) is 6.54 Å². The second-order valence-electron chi connectivity index (χ2n) is 7.20. The van der Waals surface area contributed by atoms with Crippen LogP contribution in [-0.2, 0) is 4.79 Å². The predicted octanol–water partition coefficient (Wildman–Crippen LogP) is 2.25. The predicted molar refractivity (Wildman–Crippen MR) is 97.7 cm³/mol. The molecule has 1 unspecified atom stereocenters. The molecule has 2 heterocycles. The van der Waals surface area contributed by atoms with Crippen LogP contribution in [0.2, 0.25) is 0 Å². The topological polar surface area (TPSA) is 35.6 Å². The number of likely N-dealkylation sites (tertiary alicyclic amines) is 1. The van der Waals surface area contributed by atoms with Crippen LogP contribution < -0.4 is 10.2 Å². The lowest BCUT2D eigenvalue weighted by molar-refractivity contribution is -0.126. The first kappa shape index (κ1) is 18.7. The third kappa shape index (κ3) is 4.53. The van der Waals surface area contributed by atoms with Gasteiger partial charge in [-0.2, -0.15) is 0 Å². The van der Waals surface area contributed by atoms with Crippen molar-refractivity contribution >= 4 is 11.6 Å². The number of anilines is 1. The van der Waals surface area contributed by atoms with Crippen molar-refractivity contribution in [2.45, 2.75) is 19.3 Å². The van der Waals surface area contributed by atoms with Crippen LogP contribution in [0.15, 0.2) is 18.2 Å². The van der Waals surface area contributed by atoms with Crippen molar-refractivity contribution in [1.29, 1.82) is 0 Å². The Kier molecular flexibility index (Phi) is 6.10. The van der Waals surface area contributed by atoms with E-state index in [0.717, 1.165) is 51.5 Å². The van der Waals surface area contributed by atoms with Crippen LogP contribution in [0.4, 0.5) is 14.5 Å². The van der Waals surface area contributed by atoms with E-state index in [1.165, 1.54) is 6.07 Å². The SMILES string of the molecule is C#CCN1CCC(C(=O)NCC2CCN(c3ccc(F)c(F)c3)C2)CC1. The van der Waals surface area contributed by atoms with Crippen LogP contribution >= 0.6 is 0 Å². The van der Waals surface area contributed by atoms with Gasteiger partial charge in [-0.15, -0.1) is 6.42 Å². The van der Waals surface area contributed by atoms with Gasteiger partial charge < -0.3 is 10.2 Å². The van der Waals surface area contributed by atoms with E-state index in [4.69, 9.17) is 6.42 Å². The van der Waals surface area contributed by atoms with Gasteiger partial charge in [-0.3, -0.25) is 9.69 Å². The fraction of sp³-hybridized carbons (Fsp3) is 0.550. The van der Waals surface area contributed by atoms with Gasteiger partial charge in [-0.1, -0.05) is 5.92 Å². The van der Waals surface area contributed by atoms with E-state index in [9.17, 15) is 13.6 Å². The van der Waals surface area contributed by atoms with Gasteiger partial charge in [-0.05, 0) is 50.4 Å². The number of hydrogen-bond acceptors (Lipinski definition) is 3. The van der Waals surface area contributed by atoms with Gasteiger partial charge in [0.1, 0.15) is 0 Å². The summed E-state index contributed by atoms with van der Waals surface area (Å²) in [5, 5.41) is 3.08. The summed E-state index contributed by atoms with van der Waals surface area (Å²) in [6.07, 6.45) is 7.95. The third-order valence-electron chi connectivity index (χ3n) is 5.39. The maximum atomic E-state index is 13.4. The zero-order valence-electron chi connectivity index (χ0n) is 14.9. The summed E-state index contributed by atoms with van der Waals surface area (Å²) < 4.78 is 26.5. The van der Waals surface area contributed by atoms with E-state index in [1.54, 1.807) is 6.07 Å². The first-order valence-corrected chi connectivity index (χ1v) is 9.20. The lowest BCUT2D eigenvalue weighted by Crippen LogP contribution is -2.42. The molecule has 0 radical (unpaired) electrons. The van der Waals surface area contributed by atoms with Crippen LogP contribution in [0.3, 0.4) is 0 Å². The lowest BCUT2D eigenvalue weighted by atomic mass is 9.95. The molecule has 2 aliphatic heterocycles. The molecule has 0 bridgehead atoms. The number of hydrogen-bond donors (Lipinski definition) is 1. The Bertz CT molecular complexity index is 680. The molecule has 1 aromatic rings. The molecule has 0 aromatic heterocycles. The molecular formula is C20H25F2N3O. The minimum atomic E-state index is -0.829. The Balaban J connectivity index is 1.42. The fourth-order valence-corrected chi connectivity index (χ4v) is 3.79. The largest absolute Gasteiger partial charge is 0.371 e. The van der Waals surface area contributed by atoms with Crippen molar-refractivity contribution in [2.24, 2.45) is 11.8 Å². The van der Waals surface area contributed by atoms with Crippen molar-refractivity contribution in [3.05, 3.63) is 29.8 Å². The van der Waals surface area contributed by atoms with E-state index < -0.39 is 11.6 Å². The highest BCUT2D eigenvalue weighted by Gasteiger charge is 2.27. The number of amides is 1. The normalized spacial score (nSPS) is 21.6. The monoisotopic (exact) mass is 361 g/mol. The highest BCUT2D eigenvalue weighted by molar-refractivity contribution is 5.78. The van der Waals surface area contributed by atoms with Gasteiger partial charge >= 0.3 is 0 Å². The molecule has 4 nitrogen and oxygen atoms in total. The summed E-state index contributed by atoms with van der Waals surface area (Å²) >= 11 is 0. The summed E-state index contributed by atoms with van der Waals surface area (Å²) in [5.41, 5.74) is 0.693. The highest BCUT2D eigenvalue weighted by atomic mass is 19.2. The number of nitrogens with one attached hydrogen (secondary N) is 1. The van der Waals surface area contributed by atoms with E-state index >= 15 is 0 Å².